The van der Waals surface area contributed by atoms with E-state index in [0.717, 1.165) is 18.5 Å². The summed E-state index contributed by atoms with van der Waals surface area (Å²) in [5.41, 5.74) is 1.11. The Morgan fingerprint density at radius 3 is 2.50 bits per heavy atom. The number of rotatable bonds is 3. The molecule has 1 aliphatic rings. The molecule has 20 heavy (non-hydrogen) atoms. The van der Waals surface area contributed by atoms with Gasteiger partial charge in [-0.2, -0.15) is 5.10 Å². The summed E-state index contributed by atoms with van der Waals surface area (Å²) in [7, 11) is 0.174. The van der Waals surface area contributed by atoms with Gasteiger partial charge in [-0.3, -0.25) is 4.68 Å². The third-order valence-corrected chi connectivity index (χ3v) is 9.53. The quantitative estimate of drug-likeness (QED) is 0.872. The number of hydrogen-bond donors (Lipinski definition) is 1. The van der Waals surface area contributed by atoms with Crippen LogP contribution in [-0.4, -0.2) is 35.4 Å². The fourth-order valence-electron chi connectivity index (χ4n) is 2.73. The zero-order valence-electron chi connectivity index (χ0n) is 13.6. The first-order chi connectivity index (χ1) is 9.12. The molecule has 0 aromatic carbocycles. The standard InChI is InChI=1S/C15H28N2O2Si/c1-15(2,3)20(5,6)19-11-9-12(14(18)10-11)13-7-8-16-17(13)4/h7-8,11-12,14,18H,9-10H2,1-6H3/t11-,12+,14-/m0/s1. The van der Waals surface area contributed by atoms with Gasteiger partial charge in [0, 0.05) is 31.0 Å². The van der Waals surface area contributed by atoms with Crippen LogP contribution in [0.2, 0.25) is 18.1 Å². The van der Waals surface area contributed by atoms with E-state index in [0.29, 0.717) is 0 Å². The molecule has 0 unspecified atom stereocenters. The average Bonchev–Trinajstić information content (AvgIpc) is 2.82. The predicted octanol–water partition coefficient (Wildman–Crippen LogP) is 3.05. The lowest BCUT2D eigenvalue weighted by molar-refractivity contribution is 0.135. The third-order valence-electron chi connectivity index (χ3n) is 4.99. The first-order valence-corrected chi connectivity index (χ1v) is 10.4. The number of aliphatic hydroxyl groups is 1. The summed E-state index contributed by atoms with van der Waals surface area (Å²) in [6.07, 6.45) is 3.28. The molecule has 3 atom stereocenters. The monoisotopic (exact) mass is 296 g/mol. The van der Waals surface area contributed by atoms with Crippen LogP contribution >= 0.6 is 0 Å². The van der Waals surface area contributed by atoms with Gasteiger partial charge < -0.3 is 9.53 Å². The van der Waals surface area contributed by atoms with E-state index in [2.05, 4.69) is 39.0 Å². The van der Waals surface area contributed by atoms with Crippen LogP contribution in [0.4, 0.5) is 0 Å². The molecule has 1 aliphatic carbocycles. The molecule has 1 N–H and O–H groups in total. The topological polar surface area (TPSA) is 47.3 Å². The first kappa shape index (κ1) is 15.7. The molecule has 0 saturated heterocycles. The molecule has 0 radical (unpaired) electrons. The number of aromatic nitrogens is 2. The van der Waals surface area contributed by atoms with Crippen molar-refractivity contribution in [1.82, 2.24) is 9.78 Å². The van der Waals surface area contributed by atoms with Gasteiger partial charge in [0.2, 0.25) is 0 Å². The van der Waals surface area contributed by atoms with Crippen molar-refractivity contribution in [3.8, 4) is 0 Å². The Morgan fingerprint density at radius 2 is 2.00 bits per heavy atom. The van der Waals surface area contributed by atoms with Crippen molar-refractivity contribution in [1.29, 1.82) is 0 Å². The summed E-state index contributed by atoms with van der Waals surface area (Å²) in [6, 6.07) is 2.00. The molecule has 5 heteroatoms. The zero-order valence-corrected chi connectivity index (χ0v) is 14.6. The first-order valence-electron chi connectivity index (χ1n) is 7.45. The summed E-state index contributed by atoms with van der Waals surface area (Å²) in [5.74, 6) is 0.150. The molecule has 0 aliphatic heterocycles. The maximum atomic E-state index is 10.3. The molecule has 1 saturated carbocycles. The van der Waals surface area contributed by atoms with Crippen LogP contribution < -0.4 is 0 Å². The van der Waals surface area contributed by atoms with Crippen molar-refractivity contribution in [2.45, 2.75) is 69.9 Å². The van der Waals surface area contributed by atoms with Crippen LogP contribution in [0.5, 0.6) is 0 Å². The highest BCUT2D eigenvalue weighted by atomic mass is 28.4. The highest BCUT2D eigenvalue weighted by Gasteiger charge is 2.43. The lowest BCUT2D eigenvalue weighted by atomic mass is 10.0. The second-order valence-corrected chi connectivity index (χ2v) is 12.3. The molecule has 0 amide bonds. The normalized spacial score (nSPS) is 28.1. The van der Waals surface area contributed by atoms with Crippen LogP contribution in [-0.2, 0) is 11.5 Å². The molecule has 4 nitrogen and oxygen atoms in total. The SMILES string of the molecule is Cn1nccc1[C@H]1C[C@H](O[Si](C)(C)C(C)(C)C)C[C@@H]1O. The summed E-state index contributed by atoms with van der Waals surface area (Å²) >= 11 is 0. The van der Waals surface area contributed by atoms with Crippen molar-refractivity contribution in [2.75, 3.05) is 0 Å². The third kappa shape index (κ3) is 2.99. The lowest BCUT2D eigenvalue weighted by Gasteiger charge is -2.38. The van der Waals surface area contributed by atoms with Gasteiger partial charge in [-0.15, -0.1) is 0 Å². The van der Waals surface area contributed by atoms with E-state index in [1.165, 1.54) is 0 Å². The van der Waals surface area contributed by atoms with E-state index in [4.69, 9.17) is 4.43 Å². The Labute approximate surface area is 123 Å². The van der Waals surface area contributed by atoms with Crippen LogP contribution in [0.25, 0.3) is 0 Å². The minimum Gasteiger partial charge on any atom is -0.414 e. The largest absolute Gasteiger partial charge is 0.414 e. The predicted molar refractivity (Wildman–Crippen MR) is 83.3 cm³/mol. The minimum atomic E-state index is -1.76. The Hall–Kier alpha value is -0.653. The molecule has 1 aromatic rings. The van der Waals surface area contributed by atoms with Crippen molar-refractivity contribution >= 4 is 8.32 Å². The van der Waals surface area contributed by atoms with Gasteiger partial charge in [0.1, 0.15) is 0 Å². The van der Waals surface area contributed by atoms with Gasteiger partial charge in [-0.05, 0) is 37.0 Å². The molecule has 114 valence electrons. The summed E-state index contributed by atoms with van der Waals surface area (Å²) in [5, 5.41) is 14.8. The molecular weight excluding hydrogens is 268 g/mol. The zero-order chi connectivity index (χ0) is 15.1. The van der Waals surface area contributed by atoms with Gasteiger partial charge in [-0.1, -0.05) is 20.8 Å². The van der Waals surface area contributed by atoms with Crippen LogP contribution in [0.1, 0.15) is 45.2 Å². The number of aryl methyl sites for hydroxylation is 1. The second-order valence-electron chi connectivity index (χ2n) is 7.53. The number of nitrogens with zero attached hydrogens (tertiary/aromatic N) is 2. The van der Waals surface area contributed by atoms with E-state index in [1.54, 1.807) is 6.20 Å². The van der Waals surface area contributed by atoms with E-state index in [-0.39, 0.29) is 23.2 Å². The molecule has 2 rings (SSSR count). The molecule has 1 aromatic heterocycles. The van der Waals surface area contributed by atoms with E-state index in [9.17, 15) is 5.11 Å². The van der Waals surface area contributed by atoms with Crippen molar-refractivity contribution in [2.24, 2.45) is 7.05 Å². The number of hydrogen-bond acceptors (Lipinski definition) is 3. The highest BCUT2D eigenvalue weighted by Crippen LogP contribution is 2.42. The molecular formula is C15H28N2O2Si. The number of aliphatic hydroxyl groups excluding tert-OH is 1. The highest BCUT2D eigenvalue weighted by molar-refractivity contribution is 6.74. The van der Waals surface area contributed by atoms with E-state index >= 15 is 0 Å². The smallest absolute Gasteiger partial charge is 0.192 e. The minimum absolute atomic E-state index is 0.150. The van der Waals surface area contributed by atoms with Gasteiger partial charge in [-0.25, -0.2) is 0 Å². The molecule has 0 bridgehead atoms. The van der Waals surface area contributed by atoms with Gasteiger partial charge in [0.25, 0.3) is 0 Å². The summed E-state index contributed by atoms with van der Waals surface area (Å²) in [6.45, 7) is 11.3. The Morgan fingerprint density at radius 1 is 1.35 bits per heavy atom. The van der Waals surface area contributed by atoms with Crippen LogP contribution in [0.15, 0.2) is 12.3 Å². The molecule has 0 spiro atoms. The molecule has 1 fully saturated rings. The molecule has 1 heterocycles. The Bertz CT molecular complexity index is 465. The van der Waals surface area contributed by atoms with Crippen molar-refractivity contribution in [3.05, 3.63) is 18.0 Å². The maximum Gasteiger partial charge on any atom is 0.192 e. The Balaban J connectivity index is 2.07. The van der Waals surface area contributed by atoms with Crippen molar-refractivity contribution < 1.29 is 9.53 Å². The second kappa shape index (κ2) is 5.28. The van der Waals surface area contributed by atoms with Crippen LogP contribution in [0, 0.1) is 0 Å². The van der Waals surface area contributed by atoms with Gasteiger partial charge in [0.05, 0.1) is 6.10 Å². The van der Waals surface area contributed by atoms with E-state index < -0.39 is 8.32 Å². The van der Waals surface area contributed by atoms with E-state index in [1.807, 2.05) is 17.8 Å². The fraction of sp³-hybridized carbons (Fsp3) is 0.800. The average molecular weight is 296 g/mol. The summed E-state index contributed by atoms with van der Waals surface area (Å²) < 4.78 is 8.31. The van der Waals surface area contributed by atoms with Crippen LogP contribution in [0.3, 0.4) is 0 Å². The summed E-state index contributed by atoms with van der Waals surface area (Å²) in [4.78, 5) is 0. The lowest BCUT2D eigenvalue weighted by Crippen LogP contribution is -2.43. The van der Waals surface area contributed by atoms with Gasteiger partial charge >= 0.3 is 0 Å². The fourth-order valence-corrected chi connectivity index (χ4v) is 4.10. The van der Waals surface area contributed by atoms with Gasteiger partial charge in [0.15, 0.2) is 8.32 Å². The maximum absolute atomic E-state index is 10.3. The van der Waals surface area contributed by atoms with Crippen molar-refractivity contribution in [3.63, 3.8) is 0 Å². The Kier molecular flexibility index (Phi) is 4.15.